The molecule has 1 atom stereocenters. The lowest BCUT2D eigenvalue weighted by Crippen LogP contribution is -1.98. The summed E-state index contributed by atoms with van der Waals surface area (Å²) in [6.07, 6.45) is 24.7. The number of rotatable bonds is 23. The van der Waals surface area contributed by atoms with Crippen LogP contribution in [0.15, 0.2) is 0 Å². The molecule has 0 saturated carbocycles. The summed E-state index contributed by atoms with van der Waals surface area (Å²) in [4.78, 5) is 9.40. The fourth-order valence-electron chi connectivity index (χ4n) is 3.43. The lowest BCUT2D eigenvalue weighted by Gasteiger charge is -2.11. The van der Waals surface area contributed by atoms with Crippen molar-refractivity contribution in [1.82, 2.24) is 0 Å². The Bertz CT molecular complexity index is 349. The van der Waals surface area contributed by atoms with Crippen LogP contribution in [0.2, 0.25) is 0 Å². The van der Waals surface area contributed by atoms with Crippen molar-refractivity contribution < 1.29 is 18.5 Å². The second-order valence-electron chi connectivity index (χ2n) is 8.15. The van der Waals surface area contributed by atoms with Crippen molar-refractivity contribution in [2.75, 3.05) is 13.2 Å². The van der Waals surface area contributed by atoms with E-state index in [1.54, 1.807) is 0 Å². The van der Waals surface area contributed by atoms with Crippen molar-refractivity contribution in [3.8, 4) is 0 Å². The van der Waals surface area contributed by atoms with E-state index in [1.165, 1.54) is 103 Å². The Hall–Kier alpha value is 0.110. The molecule has 0 aliphatic rings. The van der Waals surface area contributed by atoms with Gasteiger partial charge in [0.25, 0.3) is 0 Å². The minimum atomic E-state index is -3.80. The third kappa shape index (κ3) is 22.4. The van der Waals surface area contributed by atoms with E-state index in [2.05, 4.69) is 6.92 Å². The highest BCUT2D eigenvalue weighted by Gasteiger charge is 2.19. The molecule has 1 unspecified atom stereocenters. The summed E-state index contributed by atoms with van der Waals surface area (Å²) >= 11 is 0. The predicted octanol–water partition coefficient (Wildman–Crippen LogP) is 8.57. The van der Waals surface area contributed by atoms with Crippen molar-refractivity contribution in [3.63, 3.8) is 0 Å². The third-order valence-corrected chi connectivity index (χ3v) is 6.23. The summed E-state index contributed by atoms with van der Waals surface area (Å²) in [5.74, 6) is 0. The Labute approximate surface area is 175 Å². The van der Waals surface area contributed by atoms with Gasteiger partial charge in [0.15, 0.2) is 0 Å². The number of hydrogen-bond donors (Lipinski definition) is 1. The quantitative estimate of drug-likeness (QED) is 0.133. The molecule has 28 heavy (non-hydrogen) atoms. The highest BCUT2D eigenvalue weighted by atomic mass is 31.2. The molecular weight excluding hydrogens is 371 g/mol. The molecule has 0 aromatic carbocycles. The van der Waals surface area contributed by atoms with Crippen LogP contribution in [-0.2, 0) is 13.6 Å². The van der Waals surface area contributed by atoms with Crippen LogP contribution in [0.4, 0.5) is 0 Å². The summed E-state index contributed by atoms with van der Waals surface area (Å²) < 4.78 is 21.2. The van der Waals surface area contributed by atoms with Crippen molar-refractivity contribution >= 4 is 7.82 Å². The minimum absolute atomic E-state index is 0.271. The summed E-state index contributed by atoms with van der Waals surface area (Å²) in [6.45, 7) is 4.77. The van der Waals surface area contributed by atoms with Crippen LogP contribution in [0.5, 0.6) is 0 Å². The molecule has 4 nitrogen and oxygen atoms in total. The standard InChI is InChI=1S/C23H49O4P/c1-3-5-6-7-8-9-10-11-12-13-14-15-16-17-18-19-20-21-23-27-28(24,25)26-22-4-2/h3-23H2,1-2H3,(H,24,25). The zero-order valence-electron chi connectivity index (χ0n) is 19.0. The fraction of sp³-hybridized carbons (Fsp3) is 1.00. The lowest BCUT2D eigenvalue weighted by atomic mass is 10.0. The molecule has 0 amide bonds. The smallest absolute Gasteiger partial charge is 0.302 e. The Morgan fingerprint density at radius 3 is 1.18 bits per heavy atom. The van der Waals surface area contributed by atoms with Crippen molar-refractivity contribution in [2.45, 2.75) is 136 Å². The van der Waals surface area contributed by atoms with Gasteiger partial charge in [-0.25, -0.2) is 4.57 Å². The molecular formula is C23H49O4P. The maximum atomic E-state index is 11.5. The first-order valence-corrected chi connectivity index (χ1v) is 13.7. The third-order valence-electron chi connectivity index (χ3n) is 5.21. The van der Waals surface area contributed by atoms with E-state index in [4.69, 9.17) is 9.05 Å². The molecule has 0 aliphatic carbocycles. The van der Waals surface area contributed by atoms with E-state index in [9.17, 15) is 9.46 Å². The predicted molar refractivity (Wildman–Crippen MR) is 121 cm³/mol. The van der Waals surface area contributed by atoms with Crippen molar-refractivity contribution in [3.05, 3.63) is 0 Å². The normalized spacial score (nSPS) is 13.7. The van der Waals surface area contributed by atoms with Crippen molar-refractivity contribution in [1.29, 1.82) is 0 Å². The zero-order valence-corrected chi connectivity index (χ0v) is 19.9. The molecule has 170 valence electrons. The van der Waals surface area contributed by atoms with E-state index in [1.807, 2.05) is 6.92 Å². The molecule has 0 bridgehead atoms. The Kier molecular flexibility index (Phi) is 21.9. The van der Waals surface area contributed by atoms with Gasteiger partial charge in [0.05, 0.1) is 13.2 Å². The van der Waals surface area contributed by atoms with Gasteiger partial charge in [-0.05, 0) is 12.8 Å². The summed E-state index contributed by atoms with van der Waals surface area (Å²) in [5.41, 5.74) is 0. The van der Waals surface area contributed by atoms with Crippen LogP contribution in [-0.4, -0.2) is 18.1 Å². The van der Waals surface area contributed by atoms with Gasteiger partial charge in [-0.3, -0.25) is 9.05 Å². The van der Waals surface area contributed by atoms with Crippen LogP contribution < -0.4 is 0 Å². The second-order valence-corrected chi connectivity index (χ2v) is 9.60. The summed E-state index contributed by atoms with van der Waals surface area (Å²) in [5, 5.41) is 0. The van der Waals surface area contributed by atoms with Gasteiger partial charge in [0, 0.05) is 0 Å². The maximum absolute atomic E-state index is 11.5. The van der Waals surface area contributed by atoms with Crippen LogP contribution >= 0.6 is 7.82 Å². The molecule has 0 saturated heterocycles. The molecule has 0 rings (SSSR count). The first kappa shape index (κ1) is 28.1. The molecule has 0 aromatic rings. The van der Waals surface area contributed by atoms with E-state index < -0.39 is 7.82 Å². The number of hydrogen-bond acceptors (Lipinski definition) is 3. The monoisotopic (exact) mass is 420 g/mol. The SMILES string of the molecule is CCCCCCCCCCCCCCCCCCCCOP(=O)(O)OCCC. The summed E-state index contributed by atoms with van der Waals surface area (Å²) in [7, 11) is -3.80. The van der Waals surface area contributed by atoms with Crippen LogP contribution in [0.3, 0.4) is 0 Å². The van der Waals surface area contributed by atoms with E-state index in [0.29, 0.717) is 13.0 Å². The average Bonchev–Trinajstić information content (AvgIpc) is 2.68. The van der Waals surface area contributed by atoms with Gasteiger partial charge >= 0.3 is 7.82 Å². The molecule has 5 heteroatoms. The van der Waals surface area contributed by atoms with Gasteiger partial charge in [-0.1, -0.05) is 123 Å². The maximum Gasteiger partial charge on any atom is 0.472 e. The molecule has 0 aromatic heterocycles. The molecule has 0 spiro atoms. The zero-order chi connectivity index (χ0) is 20.8. The van der Waals surface area contributed by atoms with Crippen LogP contribution in [0.25, 0.3) is 0 Å². The first-order chi connectivity index (χ1) is 13.6. The van der Waals surface area contributed by atoms with Crippen LogP contribution in [0, 0.1) is 0 Å². The number of phosphoric acid groups is 1. The van der Waals surface area contributed by atoms with E-state index >= 15 is 0 Å². The Balaban J connectivity index is 3.13. The second kappa shape index (κ2) is 21.8. The van der Waals surface area contributed by atoms with Gasteiger partial charge in [-0.15, -0.1) is 0 Å². The van der Waals surface area contributed by atoms with E-state index in [-0.39, 0.29) is 6.61 Å². The Morgan fingerprint density at radius 1 is 0.500 bits per heavy atom. The number of phosphoric ester groups is 1. The molecule has 0 aliphatic heterocycles. The highest BCUT2D eigenvalue weighted by molar-refractivity contribution is 7.47. The first-order valence-electron chi connectivity index (χ1n) is 12.2. The summed E-state index contributed by atoms with van der Waals surface area (Å²) in [6, 6.07) is 0. The van der Waals surface area contributed by atoms with Gasteiger partial charge in [0.1, 0.15) is 0 Å². The number of unbranched alkanes of at least 4 members (excludes halogenated alkanes) is 17. The van der Waals surface area contributed by atoms with Gasteiger partial charge < -0.3 is 4.89 Å². The minimum Gasteiger partial charge on any atom is -0.302 e. The lowest BCUT2D eigenvalue weighted by molar-refractivity contribution is 0.147. The topological polar surface area (TPSA) is 55.8 Å². The van der Waals surface area contributed by atoms with Crippen molar-refractivity contribution in [2.24, 2.45) is 0 Å². The molecule has 1 N–H and O–H groups in total. The molecule has 0 radical (unpaired) electrons. The van der Waals surface area contributed by atoms with E-state index in [0.717, 1.165) is 12.8 Å². The highest BCUT2D eigenvalue weighted by Crippen LogP contribution is 2.43. The molecule has 0 heterocycles. The van der Waals surface area contributed by atoms with Gasteiger partial charge in [0.2, 0.25) is 0 Å². The Morgan fingerprint density at radius 2 is 0.821 bits per heavy atom. The molecule has 0 fully saturated rings. The van der Waals surface area contributed by atoms with Gasteiger partial charge in [-0.2, -0.15) is 0 Å². The fourth-order valence-corrected chi connectivity index (χ4v) is 4.28. The average molecular weight is 421 g/mol. The largest absolute Gasteiger partial charge is 0.472 e. The van der Waals surface area contributed by atoms with Crippen LogP contribution in [0.1, 0.15) is 136 Å².